The van der Waals surface area contributed by atoms with Gasteiger partial charge in [-0.15, -0.1) is 0 Å². The van der Waals surface area contributed by atoms with Crippen molar-refractivity contribution in [3.63, 3.8) is 0 Å². The molecule has 0 atom stereocenters. The lowest BCUT2D eigenvalue weighted by molar-refractivity contribution is 0.129. The van der Waals surface area contributed by atoms with E-state index < -0.39 is 0 Å². The van der Waals surface area contributed by atoms with Crippen molar-refractivity contribution in [2.45, 2.75) is 26.7 Å². The van der Waals surface area contributed by atoms with Crippen LogP contribution in [0.2, 0.25) is 0 Å². The van der Waals surface area contributed by atoms with Crippen molar-refractivity contribution < 1.29 is 9.94 Å². The quantitative estimate of drug-likeness (QED) is 0.209. The van der Waals surface area contributed by atoms with E-state index in [0.717, 1.165) is 13.0 Å². The minimum absolute atomic E-state index is 0.222. The maximum Gasteiger partial charge on any atom is 0.141 e. The highest BCUT2D eigenvalue weighted by Gasteiger charge is 1.95. The van der Waals surface area contributed by atoms with Crippen LogP contribution >= 0.6 is 0 Å². The second-order valence-corrected chi connectivity index (χ2v) is 3.14. The molecule has 72 valence electrons. The topological polar surface area (TPSA) is 67.8 Å². The summed E-state index contributed by atoms with van der Waals surface area (Å²) in [4.78, 5) is 0. The summed E-state index contributed by atoms with van der Waals surface area (Å²) in [5, 5.41) is 11.0. The highest BCUT2D eigenvalue weighted by atomic mass is 16.5. The van der Waals surface area contributed by atoms with Crippen LogP contribution in [0.25, 0.3) is 0 Å². The summed E-state index contributed by atoms with van der Waals surface area (Å²) < 4.78 is 5.24. The molecule has 0 rings (SSSR count). The fraction of sp³-hybridized carbons (Fsp3) is 0.875. The van der Waals surface area contributed by atoms with Gasteiger partial charge in [0.1, 0.15) is 5.84 Å². The molecular weight excluding hydrogens is 156 g/mol. The zero-order valence-electron chi connectivity index (χ0n) is 7.79. The molecule has 0 saturated heterocycles. The lowest BCUT2D eigenvalue weighted by Crippen LogP contribution is -2.14. The Morgan fingerprint density at radius 2 is 2.17 bits per heavy atom. The van der Waals surface area contributed by atoms with Gasteiger partial charge in [0.15, 0.2) is 0 Å². The number of oxime groups is 1. The van der Waals surface area contributed by atoms with Crippen LogP contribution in [0.5, 0.6) is 0 Å². The number of hydrogen-bond acceptors (Lipinski definition) is 3. The van der Waals surface area contributed by atoms with E-state index in [-0.39, 0.29) is 5.84 Å². The Morgan fingerprint density at radius 3 is 2.67 bits per heavy atom. The zero-order valence-corrected chi connectivity index (χ0v) is 7.79. The molecule has 4 heteroatoms. The summed E-state index contributed by atoms with van der Waals surface area (Å²) in [5.41, 5.74) is 5.23. The second kappa shape index (κ2) is 6.91. The normalized spacial score (nSPS) is 12.4. The van der Waals surface area contributed by atoms with E-state index in [1.807, 2.05) is 0 Å². The molecule has 3 N–H and O–H groups in total. The van der Waals surface area contributed by atoms with E-state index in [0.29, 0.717) is 18.9 Å². The van der Waals surface area contributed by atoms with E-state index >= 15 is 0 Å². The molecule has 0 aromatic rings. The molecule has 4 nitrogen and oxygen atoms in total. The number of nitrogens with zero attached hydrogens (tertiary/aromatic N) is 1. The molecule has 0 aliphatic carbocycles. The number of ether oxygens (including phenoxy) is 1. The maximum atomic E-state index is 8.19. The minimum Gasteiger partial charge on any atom is -0.409 e. The monoisotopic (exact) mass is 174 g/mol. The van der Waals surface area contributed by atoms with Crippen molar-refractivity contribution in [3.8, 4) is 0 Å². The molecule has 0 fully saturated rings. The molecule has 0 aliphatic heterocycles. The van der Waals surface area contributed by atoms with Crippen LogP contribution in [0.4, 0.5) is 0 Å². The molecule has 0 amide bonds. The van der Waals surface area contributed by atoms with Gasteiger partial charge >= 0.3 is 0 Å². The fourth-order valence-corrected chi connectivity index (χ4v) is 0.648. The third-order valence-corrected chi connectivity index (χ3v) is 1.47. The molecule has 0 aliphatic rings. The van der Waals surface area contributed by atoms with Gasteiger partial charge in [-0.1, -0.05) is 19.0 Å². The maximum absolute atomic E-state index is 8.19. The van der Waals surface area contributed by atoms with E-state index in [1.54, 1.807) is 0 Å². The average molecular weight is 174 g/mol. The van der Waals surface area contributed by atoms with Crippen LogP contribution in [0.1, 0.15) is 26.7 Å². The molecule has 0 saturated carbocycles. The van der Waals surface area contributed by atoms with Gasteiger partial charge in [0.2, 0.25) is 0 Å². The molecular formula is C8H18N2O2. The SMILES string of the molecule is CC(C)CCOCC/C(N)=N/O. The summed E-state index contributed by atoms with van der Waals surface area (Å²) in [6.45, 7) is 5.57. The first-order chi connectivity index (χ1) is 5.66. The number of nitrogens with two attached hydrogens (primary N) is 1. The van der Waals surface area contributed by atoms with Gasteiger partial charge in [0.25, 0.3) is 0 Å². The summed E-state index contributed by atoms with van der Waals surface area (Å²) in [6, 6.07) is 0. The van der Waals surface area contributed by atoms with Crippen LogP contribution in [0, 0.1) is 5.92 Å². The molecule has 0 aromatic heterocycles. The van der Waals surface area contributed by atoms with Gasteiger partial charge in [0, 0.05) is 13.0 Å². The predicted octanol–water partition coefficient (Wildman–Crippen LogP) is 1.19. The first kappa shape index (κ1) is 11.2. The summed E-state index contributed by atoms with van der Waals surface area (Å²) >= 11 is 0. The molecule has 0 aromatic carbocycles. The number of hydrogen-bond donors (Lipinski definition) is 2. The Bertz CT molecular complexity index is 135. The Balaban J connectivity index is 3.11. The average Bonchev–Trinajstić information content (AvgIpc) is 2.03. The van der Waals surface area contributed by atoms with E-state index in [2.05, 4.69) is 19.0 Å². The van der Waals surface area contributed by atoms with Gasteiger partial charge in [-0.3, -0.25) is 0 Å². The van der Waals surface area contributed by atoms with E-state index in [9.17, 15) is 0 Å². The van der Waals surface area contributed by atoms with Crippen LogP contribution in [0.15, 0.2) is 5.16 Å². The van der Waals surface area contributed by atoms with Crippen molar-refractivity contribution in [1.29, 1.82) is 0 Å². The Morgan fingerprint density at radius 1 is 1.50 bits per heavy atom. The van der Waals surface area contributed by atoms with Gasteiger partial charge in [-0.25, -0.2) is 0 Å². The lowest BCUT2D eigenvalue weighted by Gasteiger charge is -2.05. The standard InChI is InChI=1S/C8H18N2O2/c1-7(2)3-5-12-6-4-8(9)10-11/h7,11H,3-6H2,1-2H3,(H2,9,10). The molecule has 0 radical (unpaired) electrons. The zero-order chi connectivity index (χ0) is 9.40. The summed E-state index contributed by atoms with van der Waals surface area (Å²) in [7, 11) is 0. The molecule has 0 spiro atoms. The van der Waals surface area contributed by atoms with E-state index in [1.165, 1.54) is 0 Å². The van der Waals surface area contributed by atoms with Gasteiger partial charge < -0.3 is 15.7 Å². The van der Waals surface area contributed by atoms with E-state index in [4.69, 9.17) is 15.7 Å². The third-order valence-electron chi connectivity index (χ3n) is 1.47. The van der Waals surface area contributed by atoms with Crippen LogP contribution in [0.3, 0.4) is 0 Å². The Kier molecular flexibility index (Phi) is 6.47. The summed E-state index contributed by atoms with van der Waals surface area (Å²) in [6.07, 6.45) is 1.55. The number of rotatable bonds is 6. The largest absolute Gasteiger partial charge is 0.409 e. The van der Waals surface area contributed by atoms with Crippen molar-refractivity contribution >= 4 is 5.84 Å². The van der Waals surface area contributed by atoms with Crippen LogP contribution in [-0.2, 0) is 4.74 Å². The highest BCUT2D eigenvalue weighted by Crippen LogP contribution is 1.98. The van der Waals surface area contributed by atoms with Crippen LogP contribution < -0.4 is 5.73 Å². The van der Waals surface area contributed by atoms with Crippen molar-refractivity contribution in [2.24, 2.45) is 16.8 Å². The van der Waals surface area contributed by atoms with Gasteiger partial charge in [-0.2, -0.15) is 0 Å². The Labute approximate surface area is 73.4 Å². The highest BCUT2D eigenvalue weighted by molar-refractivity contribution is 5.79. The second-order valence-electron chi connectivity index (χ2n) is 3.14. The molecule has 0 unspecified atom stereocenters. The lowest BCUT2D eigenvalue weighted by atomic mass is 10.1. The molecule has 0 bridgehead atoms. The van der Waals surface area contributed by atoms with Gasteiger partial charge in [0.05, 0.1) is 6.61 Å². The molecule has 12 heavy (non-hydrogen) atoms. The van der Waals surface area contributed by atoms with Gasteiger partial charge in [-0.05, 0) is 12.3 Å². The van der Waals surface area contributed by atoms with Crippen LogP contribution in [-0.4, -0.2) is 24.3 Å². The predicted molar refractivity (Wildman–Crippen MR) is 48.3 cm³/mol. The fourth-order valence-electron chi connectivity index (χ4n) is 0.648. The third kappa shape index (κ3) is 7.34. The summed E-state index contributed by atoms with van der Waals surface area (Å²) in [5.74, 6) is 0.883. The number of amidine groups is 1. The van der Waals surface area contributed by atoms with Crippen molar-refractivity contribution in [2.75, 3.05) is 13.2 Å². The minimum atomic E-state index is 0.222. The first-order valence-corrected chi connectivity index (χ1v) is 4.21. The smallest absolute Gasteiger partial charge is 0.141 e. The van der Waals surface area contributed by atoms with Crippen molar-refractivity contribution in [3.05, 3.63) is 0 Å². The van der Waals surface area contributed by atoms with Crippen molar-refractivity contribution in [1.82, 2.24) is 0 Å². The Hall–Kier alpha value is -0.770. The first-order valence-electron chi connectivity index (χ1n) is 4.21. The molecule has 0 heterocycles.